The van der Waals surface area contributed by atoms with Gasteiger partial charge in [0.15, 0.2) is 0 Å². The molecule has 2 aromatic heterocycles. The van der Waals surface area contributed by atoms with E-state index in [1.807, 2.05) is 35.7 Å². The summed E-state index contributed by atoms with van der Waals surface area (Å²) in [5.74, 6) is -0.244. The van der Waals surface area contributed by atoms with Crippen LogP contribution in [0, 0.1) is 0 Å². The molecule has 120 valence electrons. The number of benzene rings is 1. The lowest BCUT2D eigenvalue weighted by Crippen LogP contribution is -2.28. The molecule has 7 heteroatoms. The minimum absolute atomic E-state index is 0.0116. The smallest absolute Gasteiger partial charge is 0.294 e. The van der Waals surface area contributed by atoms with E-state index in [4.69, 9.17) is 4.52 Å². The monoisotopic (exact) mass is 339 g/mol. The molecule has 0 unspecified atom stereocenters. The Labute approximate surface area is 141 Å². The van der Waals surface area contributed by atoms with Crippen molar-refractivity contribution in [3.63, 3.8) is 0 Å². The zero-order valence-electron chi connectivity index (χ0n) is 12.6. The molecular weight excluding hydrogens is 326 g/mol. The molecule has 4 rings (SSSR count). The number of fused-ring (bicyclic) bond motifs is 1. The molecule has 0 radical (unpaired) electrons. The van der Waals surface area contributed by atoms with Gasteiger partial charge in [-0.05, 0) is 35.6 Å². The topological polar surface area (TPSA) is 75.4 Å². The van der Waals surface area contributed by atoms with E-state index in [1.165, 1.54) is 23.6 Å². The van der Waals surface area contributed by atoms with Gasteiger partial charge >= 0.3 is 0 Å². The Morgan fingerprint density at radius 3 is 2.92 bits per heavy atom. The first-order chi connectivity index (χ1) is 11.7. The Bertz CT molecular complexity index is 888. The second-order valence-electron chi connectivity index (χ2n) is 5.36. The van der Waals surface area contributed by atoms with E-state index in [0.717, 1.165) is 17.7 Å². The summed E-state index contributed by atoms with van der Waals surface area (Å²) in [6.07, 6.45) is 2.22. The molecule has 0 saturated heterocycles. The Morgan fingerprint density at radius 2 is 2.17 bits per heavy atom. The van der Waals surface area contributed by atoms with Crippen LogP contribution >= 0.6 is 11.3 Å². The van der Waals surface area contributed by atoms with Crippen LogP contribution in [0.1, 0.15) is 25.8 Å². The van der Waals surface area contributed by atoms with Crippen molar-refractivity contribution in [2.75, 3.05) is 16.8 Å². The van der Waals surface area contributed by atoms with Gasteiger partial charge in [-0.15, -0.1) is 11.3 Å². The number of nitrogens with one attached hydrogen (secondary N) is 1. The highest BCUT2D eigenvalue weighted by Crippen LogP contribution is 2.32. The Hall–Kier alpha value is -2.93. The van der Waals surface area contributed by atoms with Gasteiger partial charge in [0.25, 0.3) is 11.8 Å². The van der Waals surface area contributed by atoms with Gasteiger partial charge in [-0.3, -0.25) is 9.59 Å². The summed E-state index contributed by atoms with van der Waals surface area (Å²) in [5, 5.41) is 8.17. The number of thiophene rings is 1. The number of carbonyl (C=O) groups excluding carboxylic acids is 2. The normalized spacial score (nSPS) is 12.9. The number of amides is 2. The van der Waals surface area contributed by atoms with Crippen molar-refractivity contribution in [2.45, 2.75) is 6.42 Å². The van der Waals surface area contributed by atoms with Gasteiger partial charge in [0.2, 0.25) is 5.76 Å². The molecule has 0 atom stereocenters. The zero-order chi connectivity index (χ0) is 16.5. The largest absolute Gasteiger partial charge is 0.351 e. The van der Waals surface area contributed by atoms with Crippen LogP contribution in [0.15, 0.2) is 52.5 Å². The minimum atomic E-state index is -0.374. The first-order valence-electron chi connectivity index (χ1n) is 7.43. The summed E-state index contributed by atoms with van der Waals surface area (Å²) in [7, 11) is 0. The average molecular weight is 339 g/mol. The first-order valence-corrected chi connectivity index (χ1v) is 8.31. The molecule has 0 bridgehead atoms. The summed E-state index contributed by atoms with van der Waals surface area (Å²) in [6, 6.07) is 10.8. The van der Waals surface area contributed by atoms with Crippen LogP contribution in [0.3, 0.4) is 0 Å². The highest BCUT2D eigenvalue weighted by molar-refractivity contribution is 7.12. The maximum absolute atomic E-state index is 12.6. The molecule has 3 heterocycles. The fourth-order valence-corrected chi connectivity index (χ4v) is 3.40. The number of nitrogens with zero attached hydrogens (tertiary/aromatic N) is 2. The SMILES string of the molecule is O=C(Nc1ccc2c(c1)N(C(=O)c1cccs1)CC2)c1ccno1. The molecular formula is C17H13N3O3S. The Balaban J connectivity index is 1.59. The van der Waals surface area contributed by atoms with E-state index in [1.54, 1.807) is 4.90 Å². The molecule has 0 spiro atoms. The standard InChI is InChI=1S/C17H13N3O3S/c21-16(14-5-7-18-23-14)19-12-4-3-11-6-8-20(13(11)10-12)17(22)15-2-1-9-24-15/h1-5,7,9-10H,6,8H2,(H,19,21). The van der Waals surface area contributed by atoms with Crippen LogP contribution < -0.4 is 10.2 Å². The summed E-state index contributed by atoms with van der Waals surface area (Å²) >= 11 is 1.43. The molecule has 1 N–H and O–H groups in total. The lowest BCUT2D eigenvalue weighted by atomic mass is 10.1. The van der Waals surface area contributed by atoms with Crippen LogP contribution in [0.2, 0.25) is 0 Å². The van der Waals surface area contributed by atoms with E-state index in [-0.39, 0.29) is 17.6 Å². The third kappa shape index (κ3) is 2.59. The van der Waals surface area contributed by atoms with E-state index >= 15 is 0 Å². The molecule has 24 heavy (non-hydrogen) atoms. The first kappa shape index (κ1) is 14.6. The second-order valence-corrected chi connectivity index (χ2v) is 6.31. The molecule has 3 aromatic rings. The number of carbonyl (C=O) groups is 2. The maximum atomic E-state index is 12.6. The van der Waals surface area contributed by atoms with Crippen molar-refractivity contribution < 1.29 is 14.1 Å². The van der Waals surface area contributed by atoms with Gasteiger partial charge in [0.1, 0.15) is 0 Å². The molecule has 1 aliphatic heterocycles. The van der Waals surface area contributed by atoms with Crippen molar-refractivity contribution in [1.82, 2.24) is 5.16 Å². The number of aromatic nitrogens is 1. The van der Waals surface area contributed by atoms with Crippen LogP contribution in [-0.2, 0) is 6.42 Å². The third-order valence-electron chi connectivity index (χ3n) is 3.88. The predicted molar refractivity (Wildman–Crippen MR) is 90.6 cm³/mol. The summed E-state index contributed by atoms with van der Waals surface area (Å²) in [5.41, 5.74) is 2.54. The van der Waals surface area contributed by atoms with Crippen molar-refractivity contribution in [3.05, 3.63) is 64.2 Å². The molecule has 6 nitrogen and oxygen atoms in total. The van der Waals surface area contributed by atoms with Crippen LogP contribution in [0.5, 0.6) is 0 Å². The molecule has 1 aromatic carbocycles. The van der Waals surface area contributed by atoms with Crippen molar-refractivity contribution in [1.29, 1.82) is 0 Å². The number of anilines is 2. The van der Waals surface area contributed by atoms with E-state index < -0.39 is 0 Å². The highest BCUT2D eigenvalue weighted by atomic mass is 32.1. The van der Waals surface area contributed by atoms with E-state index in [0.29, 0.717) is 17.1 Å². The third-order valence-corrected chi connectivity index (χ3v) is 4.74. The number of hydrogen-bond acceptors (Lipinski definition) is 5. The predicted octanol–water partition coefficient (Wildman–Crippen LogP) is 3.19. The molecule has 0 aliphatic carbocycles. The van der Waals surface area contributed by atoms with Gasteiger partial charge in [-0.2, -0.15) is 0 Å². The van der Waals surface area contributed by atoms with Crippen LogP contribution in [-0.4, -0.2) is 23.5 Å². The van der Waals surface area contributed by atoms with Gasteiger partial charge in [-0.1, -0.05) is 17.3 Å². The number of hydrogen-bond donors (Lipinski definition) is 1. The van der Waals surface area contributed by atoms with E-state index in [2.05, 4.69) is 10.5 Å². The Kier molecular flexibility index (Phi) is 3.62. The summed E-state index contributed by atoms with van der Waals surface area (Å²) in [4.78, 5) is 27.1. The van der Waals surface area contributed by atoms with Gasteiger partial charge in [0.05, 0.1) is 11.1 Å². The fourth-order valence-electron chi connectivity index (χ4n) is 2.73. The fraction of sp³-hybridized carbons (Fsp3) is 0.118. The van der Waals surface area contributed by atoms with E-state index in [9.17, 15) is 9.59 Å². The highest BCUT2D eigenvalue weighted by Gasteiger charge is 2.26. The van der Waals surface area contributed by atoms with Crippen molar-refractivity contribution in [3.8, 4) is 0 Å². The zero-order valence-corrected chi connectivity index (χ0v) is 13.4. The maximum Gasteiger partial charge on any atom is 0.294 e. The molecule has 0 fully saturated rings. The lowest BCUT2D eigenvalue weighted by molar-refractivity contribution is 0.0983. The minimum Gasteiger partial charge on any atom is -0.351 e. The van der Waals surface area contributed by atoms with Crippen molar-refractivity contribution in [2.24, 2.45) is 0 Å². The van der Waals surface area contributed by atoms with Gasteiger partial charge in [-0.25, -0.2) is 0 Å². The van der Waals surface area contributed by atoms with Crippen molar-refractivity contribution >= 4 is 34.5 Å². The molecule has 1 aliphatic rings. The average Bonchev–Trinajstić information content (AvgIpc) is 3.33. The van der Waals surface area contributed by atoms with Gasteiger partial charge in [0, 0.05) is 24.0 Å². The second kappa shape index (κ2) is 5.93. The summed E-state index contributed by atoms with van der Waals surface area (Å²) in [6.45, 7) is 0.644. The number of rotatable bonds is 3. The van der Waals surface area contributed by atoms with Crippen LogP contribution in [0.25, 0.3) is 0 Å². The lowest BCUT2D eigenvalue weighted by Gasteiger charge is -2.17. The molecule has 0 saturated carbocycles. The van der Waals surface area contributed by atoms with Crippen LogP contribution in [0.4, 0.5) is 11.4 Å². The summed E-state index contributed by atoms with van der Waals surface area (Å²) < 4.78 is 4.84. The molecule has 2 amide bonds. The quantitative estimate of drug-likeness (QED) is 0.795. The Morgan fingerprint density at radius 1 is 1.25 bits per heavy atom. The van der Waals surface area contributed by atoms with Gasteiger partial charge < -0.3 is 14.7 Å².